The molecule has 1 saturated heterocycles. The first-order valence-corrected chi connectivity index (χ1v) is 8.92. The minimum atomic E-state index is -4.86. The van der Waals surface area contributed by atoms with Gasteiger partial charge in [0.15, 0.2) is 0 Å². The summed E-state index contributed by atoms with van der Waals surface area (Å²) in [6.07, 6.45) is -4.09. The number of hydrogen-bond donors (Lipinski definition) is 2. The highest BCUT2D eigenvalue weighted by molar-refractivity contribution is 7.89. The Morgan fingerprint density at radius 3 is 2.42 bits per heavy atom. The van der Waals surface area contributed by atoms with E-state index >= 15 is 0 Å². The first kappa shape index (κ1) is 22.5. The zero-order valence-corrected chi connectivity index (χ0v) is 15.2. The number of carbonyl (C=O) groups excluding carboxylic acids is 1. The van der Waals surface area contributed by atoms with Crippen LogP contribution >= 0.6 is 12.4 Å². The van der Waals surface area contributed by atoms with Gasteiger partial charge in [0.2, 0.25) is 15.9 Å². The van der Waals surface area contributed by atoms with E-state index in [9.17, 15) is 26.4 Å². The molecule has 1 heterocycles. The summed E-state index contributed by atoms with van der Waals surface area (Å²) in [7, 11) is -4.02. The molecule has 26 heavy (non-hydrogen) atoms. The van der Waals surface area contributed by atoms with E-state index < -0.39 is 28.7 Å². The third kappa shape index (κ3) is 6.31. The number of alkyl halides is 3. The highest BCUT2D eigenvalue weighted by atomic mass is 35.5. The molecule has 7 nitrogen and oxygen atoms in total. The van der Waals surface area contributed by atoms with Crippen LogP contribution < -0.4 is 15.2 Å². The normalized spacial score (nSPS) is 17.7. The molecular weight excluding hydrogens is 399 g/mol. The zero-order valence-electron chi connectivity index (χ0n) is 13.5. The smallest absolute Gasteiger partial charge is 0.406 e. The Kier molecular flexibility index (Phi) is 7.69. The summed E-state index contributed by atoms with van der Waals surface area (Å²) in [6.45, 7) is 1.04. The van der Waals surface area contributed by atoms with Gasteiger partial charge in [0.25, 0.3) is 0 Å². The Morgan fingerprint density at radius 1 is 1.31 bits per heavy atom. The molecule has 2 rings (SSSR count). The summed E-state index contributed by atoms with van der Waals surface area (Å²) < 4.78 is 66.3. The Morgan fingerprint density at radius 2 is 1.92 bits per heavy atom. The molecular formula is C14H19ClF3N3O4S. The number of ether oxygens (including phenoxy) is 1. The molecule has 12 heteroatoms. The molecule has 1 atom stereocenters. The molecule has 0 radical (unpaired) electrons. The minimum Gasteiger partial charge on any atom is -0.406 e. The monoisotopic (exact) mass is 417 g/mol. The molecule has 3 N–H and O–H groups in total. The molecule has 0 aromatic heterocycles. The molecule has 1 fully saturated rings. The second-order valence-corrected chi connectivity index (χ2v) is 7.34. The highest BCUT2D eigenvalue weighted by Crippen LogP contribution is 2.23. The maximum absolute atomic E-state index is 12.1. The van der Waals surface area contributed by atoms with Gasteiger partial charge in [-0.2, -0.15) is 0 Å². The van der Waals surface area contributed by atoms with Gasteiger partial charge in [0.1, 0.15) is 5.75 Å². The van der Waals surface area contributed by atoms with Crippen LogP contribution in [0.15, 0.2) is 29.2 Å². The number of nitrogens with one attached hydrogen (secondary N) is 1. The van der Waals surface area contributed by atoms with E-state index in [-0.39, 0.29) is 29.1 Å². The van der Waals surface area contributed by atoms with Gasteiger partial charge in [0, 0.05) is 13.1 Å². The molecule has 0 bridgehead atoms. The van der Waals surface area contributed by atoms with Crippen LogP contribution in [0.5, 0.6) is 5.75 Å². The van der Waals surface area contributed by atoms with Gasteiger partial charge in [-0.25, -0.2) is 13.1 Å². The number of carbonyl (C=O) groups is 1. The minimum absolute atomic E-state index is 0. The van der Waals surface area contributed by atoms with Crippen molar-refractivity contribution in [2.45, 2.75) is 17.7 Å². The lowest BCUT2D eigenvalue weighted by molar-refractivity contribution is -0.274. The van der Waals surface area contributed by atoms with Gasteiger partial charge in [-0.15, -0.1) is 25.6 Å². The van der Waals surface area contributed by atoms with Crippen molar-refractivity contribution in [3.63, 3.8) is 0 Å². The van der Waals surface area contributed by atoms with Crippen molar-refractivity contribution in [1.29, 1.82) is 0 Å². The average molecular weight is 418 g/mol. The largest absolute Gasteiger partial charge is 0.573 e. The quantitative estimate of drug-likeness (QED) is 0.721. The Bertz CT molecular complexity index is 713. The number of likely N-dealkylation sites (tertiary alicyclic amines) is 1. The number of rotatable bonds is 6. The van der Waals surface area contributed by atoms with Gasteiger partial charge in [-0.05, 0) is 43.1 Å². The van der Waals surface area contributed by atoms with Crippen molar-refractivity contribution >= 4 is 28.3 Å². The molecule has 1 unspecified atom stereocenters. The summed E-state index contributed by atoms with van der Waals surface area (Å²) in [6, 6.07) is 3.70. The van der Waals surface area contributed by atoms with Crippen molar-refractivity contribution in [2.75, 3.05) is 26.2 Å². The first-order valence-electron chi connectivity index (χ1n) is 7.44. The van der Waals surface area contributed by atoms with Gasteiger partial charge in [-0.3, -0.25) is 4.79 Å². The summed E-state index contributed by atoms with van der Waals surface area (Å²) in [5, 5.41) is 0. The number of halogens is 4. The van der Waals surface area contributed by atoms with E-state index in [4.69, 9.17) is 5.73 Å². The third-order valence-electron chi connectivity index (χ3n) is 3.75. The van der Waals surface area contributed by atoms with Crippen LogP contribution in [0, 0.1) is 5.92 Å². The van der Waals surface area contributed by atoms with Crippen LogP contribution in [-0.4, -0.2) is 51.8 Å². The maximum Gasteiger partial charge on any atom is 0.573 e. The molecule has 148 valence electrons. The number of nitrogens with two attached hydrogens (primary N) is 1. The van der Waals surface area contributed by atoms with Crippen LogP contribution in [0.2, 0.25) is 0 Å². The van der Waals surface area contributed by atoms with E-state index in [1.807, 2.05) is 0 Å². The Hall–Kier alpha value is -1.56. The molecule has 1 amide bonds. The maximum atomic E-state index is 12.1. The van der Waals surface area contributed by atoms with E-state index in [2.05, 4.69) is 9.46 Å². The van der Waals surface area contributed by atoms with Crippen molar-refractivity contribution in [1.82, 2.24) is 9.62 Å². The summed E-state index contributed by atoms with van der Waals surface area (Å²) in [5.74, 6) is -0.703. The average Bonchev–Trinajstić information content (AvgIpc) is 3.01. The topological polar surface area (TPSA) is 102 Å². The second kappa shape index (κ2) is 8.89. The fraction of sp³-hybridized carbons (Fsp3) is 0.500. The van der Waals surface area contributed by atoms with Crippen molar-refractivity contribution in [3.05, 3.63) is 24.3 Å². The molecule has 0 spiro atoms. The Labute approximate surface area is 155 Å². The van der Waals surface area contributed by atoms with Crippen LogP contribution in [0.1, 0.15) is 6.42 Å². The van der Waals surface area contributed by atoms with E-state index in [1.54, 1.807) is 0 Å². The van der Waals surface area contributed by atoms with Gasteiger partial charge >= 0.3 is 6.36 Å². The zero-order chi connectivity index (χ0) is 18.7. The van der Waals surface area contributed by atoms with E-state index in [0.29, 0.717) is 19.6 Å². The van der Waals surface area contributed by atoms with Crippen molar-refractivity contribution in [3.8, 4) is 5.75 Å². The predicted octanol–water partition coefficient (Wildman–Crippen LogP) is 1.09. The van der Waals surface area contributed by atoms with E-state index in [1.165, 1.54) is 4.90 Å². The van der Waals surface area contributed by atoms with Crippen LogP contribution in [0.3, 0.4) is 0 Å². The van der Waals surface area contributed by atoms with Crippen LogP contribution in [0.4, 0.5) is 13.2 Å². The van der Waals surface area contributed by atoms with E-state index in [0.717, 1.165) is 30.7 Å². The predicted molar refractivity (Wildman–Crippen MR) is 89.3 cm³/mol. The fourth-order valence-corrected chi connectivity index (χ4v) is 3.40. The lowest BCUT2D eigenvalue weighted by Crippen LogP contribution is -2.39. The molecule has 1 aromatic carbocycles. The van der Waals surface area contributed by atoms with Crippen LogP contribution in [0.25, 0.3) is 0 Å². The summed E-state index contributed by atoms with van der Waals surface area (Å²) >= 11 is 0. The molecule has 0 aliphatic carbocycles. The molecule has 1 aromatic rings. The summed E-state index contributed by atoms with van der Waals surface area (Å²) in [5.41, 5.74) is 5.54. The highest BCUT2D eigenvalue weighted by Gasteiger charge is 2.31. The number of nitrogens with zero attached hydrogens (tertiary/aromatic N) is 1. The SMILES string of the molecule is Cl.NCC1CCN(C(=O)CNS(=O)(=O)c2ccc(OC(F)(F)F)cc2)C1. The Balaban J connectivity index is 0.00000338. The van der Waals surface area contributed by atoms with Gasteiger partial charge in [0.05, 0.1) is 11.4 Å². The molecule has 1 aliphatic rings. The van der Waals surface area contributed by atoms with Crippen LogP contribution in [-0.2, 0) is 14.8 Å². The summed E-state index contributed by atoms with van der Waals surface area (Å²) in [4.78, 5) is 13.3. The van der Waals surface area contributed by atoms with Crippen molar-refractivity contribution in [2.24, 2.45) is 11.7 Å². The number of hydrogen-bond acceptors (Lipinski definition) is 5. The van der Waals surface area contributed by atoms with Gasteiger partial charge < -0.3 is 15.4 Å². The lowest BCUT2D eigenvalue weighted by Gasteiger charge is -2.16. The first-order chi connectivity index (χ1) is 11.6. The number of benzene rings is 1. The molecule has 0 saturated carbocycles. The second-order valence-electron chi connectivity index (χ2n) is 5.57. The van der Waals surface area contributed by atoms with Gasteiger partial charge in [-0.1, -0.05) is 0 Å². The number of amides is 1. The molecule has 1 aliphatic heterocycles. The fourth-order valence-electron chi connectivity index (χ4n) is 2.42. The third-order valence-corrected chi connectivity index (χ3v) is 5.17. The van der Waals surface area contributed by atoms with Crippen molar-refractivity contribution < 1.29 is 31.1 Å². The lowest BCUT2D eigenvalue weighted by atomic mass is 10.1. The standard InChI is InChI=1S/C14H18F3N3O4S.ClH/c15-14(16,17)24-11-1-3-12(4-2-11)25(22,23)19-8-13(21)20-6-5-10(7-18)9-20;/h1-4,10,19H,5-9,18H2;1H. The number of sulfonamides is 1.